The number of hydrogen-bond donors (Lipinski definition) is 0. The number of aryl methyl sites for hydroxylation is 2. The Morgan fingerprint density at radius 3 is 2.33 bits per heavy atom. The van der Waals surface area contributed by atoms with Gasteiger partial charge < -0.3 is 0 Å². The van der Waals surface area contributed by atoms with E-state index in [1.807, 2.05) is 25.1 Å². The van der Waals surface area contributed by atoms with Gasteiger partial charge in [-0.25, -0.2) is 0 Å². The summed E-state index contributed by atoms with van der Waals surface area (Å²) >= 11 is 0. The first-order valence-electron chi connectivity index (χ1n) is 6.36. The van der Waals surface area contributed by atoms with E-state index in [1.54, 1.807) is 0 Å². The molecule has 90 valence electrons. The molecule has 0 aromatic heterocycles. The van der Waals surface area contributed by atoms with Crippen molar-refractivity contribution in [2.75, 3.05) is 0 Å². The second-order valence-electron chi connectivity index (χ2n) is 5.08. The molecule has 0 fully saturated rings. The lowest BCUT2D eigenvalue weighted by Gasteiger charge is -2.14. The fraction of sp³-hybridized carbons (Fsp3) is 0.235. The highest BCUT2D eigenvalue weighted by Gasteiger charge is 2.32. The molecule has 0 heterocycles. The van der Waals surface area contributed by atoms with Crippen LogP contribution in [0.1, 0.15) is 45.0 Å². The number of benzene rings is 2. The van der Waals surface area contributed by atoms with Gasteiger partial charge in [-0.2, -0.15) is 0 Å². The number of ketones is 1. The fourth-order valence-electron chi connectivity index (χ4n) is 3.01. The van der Waals surface area contributed by atoms with Crippen LogP contribution >= 0.6 is 0 Å². The van der Waals surface area contributed by atoms with E-state index in [0.717, 1.165) is 11.1 Å². The van der Waals surface area contributed by atoms with Gasteiger partial charge in [0.25, 0.3) is 0 Å². The molecule has 0 N–H and O–H groups in total. The zero-order chi connectivity index (χ0) is 12.7. The minimum Gasteiger partial charge on any atom is -0.294 e. The van der Waals surface area contributed by atoms with Gasteiger partial charge in [-0.1, -0.05) is 42.5 Å². The maximum absolute atomic E-state index is 12.2. The Morgan fingerprint density at radius 2 is 1.61 bits per heavy atom. The van der Waals surface area contributed by atoms with E-state index in [9.17, 15) is 4.79 Å². The van der Waals surface area contributed by atoms with Crippen LogP contribution in [0.15, 0.2) is 42.5 Å². The minimum absolute atomic E-state index is 0.244. The summed E-state index contributed by atoms with van der Waals surface area (Å²) in [4.78, 5) is 12.2. The van der Waals surface area contributed by atoms with Crippen LogP contribution in [0.2, 0.25) is 0 Å². The maximum Gasteiger partial charge on any atom is 0.164 e. The molecule has 0 aliphatic heterocycles. The van der Waals surface area contributed by atoms with Gasteiger partial charge in [-0.3, -0.25) is 4.79 Å². The van der Waals surface area contributed by atoms with Crippen molar-refractivity contribution < 1.29 is 4.79 Å². The third-order valence-corrected chi connectivity index (χ3v) is 3.89. The van der Waals surface area contributed by atoms with Crippen molar-refractivity contribution in [1.29, 1.82) is 0 Å². The molecule has 2 aromatic carbocycles. The van der Waals surface area contributed by atoms with Crippen molar-refractivity contribution in [1.82, 2.24) is 0 Å². The number of fused-ring (bicyclic) bond motifs is 1. The zero-order valence-corrected chi connectivity index (χ0v) is 10.7. The second kappa shape index (κ2) is 4.09. The average Bonchev–Trinajstić information content (AvgIpc) is 2.74. The lowest BCUT2D eigenvalue weighted by molar-refractivity contribution is 0.0991. The minimum atomic E-state index is 0.244. The number of carbonyl (C=O) groups is 1. The molecule has 0 spiro atoms. The van der Waals surface area contributed by atoms with E-state index in [2.05, 4.69) is 31.2 Å². The summed E-state index contributed by atoms with van der Waals surface area (Å²) in [5.41, 5.74) is 5.79. The number of Topliss-reactive ketones (excluding diaryl/α,β-unsaturated/α-hetero) is 1. The summed E-state index contributed by atoms with van der Waals surface area (Å²) < 4.78 is 0. The summed E-state index contributed by atoms with van der Waals surface area (Å²) in [5, 5.41) is 0. The molecule has 1 heteroatoms. The molecule has 1 nitrogen and oxygen atoms in total. The van der Waals surface area contributed by atoms with E-state index in [-0.39, 0.29) is 5.92 Å². The van der Waals surface area contributed by atoms with Crippen LogP contribution in [-0.4, -0.2) is 5.78 Å². The zero-order valence-electron chi connectivity index (χ0n) is 10.7. The summed E-state index contributed by atoms with van der Waals surface area (Å²) in [6, 6.07) is 14.5. The van der Waals surface area contributed by atoms with Gasteiger partial charge in [0.15, 0.2) is 5.78 Å². The lowest BCUT2D eigenvalue weighted by atomic mass is 9.89. The van der Waals surface area contributed by atoms with E-state index in [1.165, 1.54) is 16.7 Å². The molecule has 0 saturated carbocycles. The largest absolute Gasteiger partial charge is 0.294 e. The average molecular weight is 236 g/mol. The van der Waals surface area contributed by atoms with Crippen molar-refractivity contribution >= 4 is 5.78 Å². The predicted octanol–water partition coefficient (Wildman–Crippen LogP) is 4.02. The SMILES string of the molecule is Cc1ccc(C)c2c1C(=O)CC2c1ccccc1. The number of rotatable bonds is 1. The molecule has 2 aromatic rings. The Labute approximate surface area is 107 Å². The van der Waals surface area contributed by atoms with Gasteiger partial charge in [0.05, 0.1) is 0 Å². The van der Waals surface area contributed by atoms with Crippen molar-refractivity contribution in [3.05, 3.63) is 70.3 Å². The first kappa shape index (κ1) is 11.2. The third-order valence-electron chi connectivity index (χ3n) is 3.89. The van der Waals surface area contributed by atoms with Gasteiger partial charge in [0.1, 0.15) is 0 Å². The van der Waals surface area contributed by atoms with Crippen LogP contribution < -0.4 is 0 Å². The number of carbonyl (C=O) groups excluding carboxylic acids is 1. The first-order chi connectivity index (χ1) is 8.68. The highest BCUT2D eigenvalue weighted by atomic mass is 16.1. The summed E-state index contributed by atoms with van der Waals surface area (Å²) in [6.07, 6.45) is 0.616. The molecular formula is C17H16O. The molecule has 3 rings (SSSR count). The Morgan fingerprint density at radius 1 is 0.944 bits per heavy atom. The Balaban J connectivity index is 2.20. The van der Waals surface area contributed by atoms with Crippen LogP contribution in [-0.2, 0) is 0 Å². The molecule has 1 atom stereocenters. The van der Waals surface area contributed by atoms with Gasteiger partial charge >= 0.3 is 0 Å². The maximum atomic E-state index is 12.2. The van der Waals surface area contributed by atoms with Gasteiger partial charge in [-0.05, 0) is 36.1 Å². The van der Waals surface area contributed by atoms with E-state index >= 15 is 0 Å². The molecule has 1 aliphatic rings. The monoisotopic (exact) mass is 236 g/mol. The Hall–Kier alpha value is -1.89. The standard InChI is InChI=1S/C17H16O/c1-11-8-9-12(2)17-15(18)10-14(16(11)17)13-6-4-3-5-7-13/h3-9,14H,10H2,1-2H3. The third kappa shape index (κ3) is 1.59. The predicted molar refractivity (Wildman–Crippen MR) is 73.1 cm³/mol. The van der Waals surface area contributed by atoms with Crippen molar-refractivity contribution in [2.24, 2.45) is 0 Å². The molecule has 0 radical (unpaired) electrons. The summed E-state index contributed by atoms with van der Waals surface area (Å²) in [5.74, 6) is 0.536. The molecule has 0 bridgehead atoms. The number of hydrogen-bond acceptors (Lipinski definition) is 1. The quantitative estimate of drug-likeness (QED) is 0.730. The fourth-order valence-corrected chi connectivity index (χ4v) is 3.01. The van der Waals surface area contributed by atoms with Gasteiger partial charge in [0, 0.05) is 17.9 Å². The van der Waals surface area contributed by atoms with Crippen LogP contribution in [0.3, 0.4) is 0 Å². The topological polar surface area (TPSA) is 17.1 Å². The summed E-state index contributed by atoms with van der Waals surface area (Å²) in [7, 11) is 0. The van der Waals surface area contributed by atoms with Gasteiger partial charge in [-0.15, -0.1) is 0 Å². The summed E-state index contributed by atoms with van der Waals surface area (Å²) in [6.45, 7) is 4.14. The highest BCUT2D eigenvalue weighted by Crippen LogP contribution is 2.41. The van der Waals surface area contributed by atoms with Crippen LogP contribution in [0.5, 0.6) is 0 Å². The molecular weight excluding hydrogens is 220 g/mol. The van der Waals surface area contributed by atoms with E-state index < -0.39 is 0 Å². The van der Waals surface area contributed by atoms with Crippen molar-refractivity contribution in [3.63, 3.8) is 0 Å². The van der Waals surface area contributed by atoms with Crippen LogP contribution in [0.4, 0.5) is 0 Å². The van der Waals surface area contributed by atoms with Crippen LogP contribution in [0, 0.1) is 13.8 Å². The van der Waals surface area contributed by atoms with E-state index in [4.69, 9.17) is 0 Å². The molecule has 0 saturated heterocycles. The smallest absolute Gasteiger partial charge is 0.164 e. The Bertz CT molecular complexity index is 611. The second-order valence-corrected chi connectivity index (χ2v) is 5.08. The molecule has 1 unspecified atom stereocenters. The van der Waals surface area contributed by atoms with E-state index in [0.29, 0.717) is 12.2 Å². The normalized spacial score (nSPS) is 17.9. The molecule has 1 aliphatic carbocycles. The van der Waals surface area contributed by atoms with Crippen molar-refractivity contribution in [2.45, 2.75) is 26.2 Å². The van der Waals surface area contributed by atoms with Crippen molar-refractivity contribution in [3.8, 4) is 0 Å². The van der Waals surface area contributed by atoms with Crippen LogP contribution in [0.25, 0.3) is 0 Å². The van der Waals surface area contributed by atoms with Gasteiger partial charge in [0.2, 0.25) is 0 Å². The highest BCUT2D eigenvalue weighted by molar-refractivity contribution is 6.03. The first-order valence-corrected chi connectivity index (χ1v) is 6.36. The molecule has 18 heavy (non-hydrogen) atoms. The molecule has 0 amide bonds. The Kier molecular flexibility index (Phi) is 2.55. The lowest BCUT2D eigenvalue weighted by Crippen LogP contribution is -1.99.